The van der Waals surface area contributed by atoms with Gasteiger partial charge < -0.3 is 5.32 Å². The van der Waals surface area contributed by atoms with Gasteiger partial charge >= 0.3 is 0 Å². The molecule has 100 valence electrons. The highest BCUT2D eigenvalue weighted by molar-refractivity contribution is 7.90. The molecule has 2 atom stereocenters. The van der Waals surface area contributed by atoms with E-state index in [4.69, 9.17) is 0 Å². The summed E-state index contributed by atoms with van der Waals surface area (Å²) in [4.78, 5) is 0.379. The Morgan fingerprint density at radius 2 is 1.72 bits per heavy atom. The maximum absolute atomic E-state index is 11.4. The van der Waals surface area contributed by atoms with Crippen LogP contribution < -0.4 is 5.32 Å². The van der Waals surface area contributed by atoms with Gasteiger partial charge in [-0.05, 0) is 43.0 Å². The normalized spacial score (nSPS) is 24.8. The van der Waals surface area contributed by atoms with Crippen LogP contribution in [0.2, 0.25) is 0 Å². The Morgan fingerprint density at radius 3 is 2.28 bits per heavy atom. The van der Waals surface area contributed by atoms with Crippen LogP contribution in [-0.4, -0.2) is 20.7 Å². The first-order chi connectivity index (χ1) is 8.47. The molecule has 0 saturated heterocycles. The molecule has 4 heteroatoms. The van der Waals surface area contributed by atoms with Gasteiger partial charge in [-0.25, -0.2) is 8.42 Å². The molecule has 0 spiro atoms. The summed E-state index contributed by atoms with van der Waals surface area (Å²) in [6, 6.07) is 7.58. The topological polar surface area (TPSA) is 46.2 Å². The highest BCUT2D eigenvalue weighted by atomic mass is 32.2. The largest absolute Gasteiger partial charge is 0.382 e. The standard InChI is InChI=1S/C14H21NO2S/c1-11-5-3-4-6-14(11)15-12-7-9-13(10-8-12)18(2,16)17/h7-11,14-15H,3-6H2,1-2H3. The van der Waals surface area contributed by atoms with Gasteiger partial charge in [0.05, 0.1) is 4.90 Å². The Balaban J connectivity index is 2.06. The van der Waals surface area contributed by atoms with Gasteiger partial charge in [0, 0.05) is 18.0 Å². The first-order valence-electron chi connectivity index (χ1n) is 6.53. The molecule has 0 heterocycles. The predicted octanol–water partition coefficient (Wildman–Crippen LogP) is 3.08. The minimum absolute atomic E-state index is 0.379. The summed E-state index contributed by atoms with van der Waals surface area (Å²) < 4.78 is 22.7. The lowest BCUT2D eigenvalue weighted by Gasteiger charge is -2.30. The van der Waals surface area contributed by atoms with Gasteiger partial charge in [-0.2, -0.15) is 0 Å². The second-order valence-corrected chi connectivity index (χ2v) is 7.32. The Kier molecular flexibility index (Phi) is 3.95. The van der Waals surface area contributed by atoms with Crippen molar-refractivity contribution in [1.82, 2.24) is 0 Å². The Bertz CT molecular complexity index is 493. The molecule has 1 aliphatic carbocycles. The number of nitrogens with one attached hydrogen (secondary N) is 1. The molecule has 2 rings (SSSR count). The fourth-order valence-corrected chi connectivity index (χ4v) is 3.17. The van der Waals surface area contributed by atoms with Crippen molar-refractivity contribution in [3.05, 3.63) is 24.3 Å². The van der Waals surface area contributed by atoms with E-state index in [0.717, 1.165) is 5.69 Å². The molecular weight excluding hydrogens is 246 g/mol. The van der Waals surface area contributed by atoms with Crippen molar-refractivity contribution in [2.45, 2.75) is 43.5 Å². The summed E-state index contributed by atoms with van der Waals surface area (Å²) in [7, 11) is -3.09. The molecule has 1 aliphatic rings. The van der Waals surface area contributed by atoms with E-state index < -0.39 is 9.84 Å². The van der Waals surface area contributed by atoms with Crippen molar-refractivity contribution in [2.24, 2.45) is 5.92 Å². The fraction of sp³-hybridized carbons (Fsp3) is 0.571. The molecule has 0 aromatic heterocycles. The van der Waals surface area contributed by atoms with Gasteiger partial charge in [0.15, 0.2) is 9.84 Å². The van der Waals surface area contributed by atoms with E-state index in [9.17, 15) is 8.42 Å². The maximum Gasteiger partial charge on any atom is 0.175 e. The van der Waals surface area contributed by atoms with E-state index in [-0.39, 0.29) is 0 Å². The van der Waals surface area contributed by atoms with Crippen LogP contribution >= 0.6 is 0 Å². The number of hydrogen-bond acceptors (Lipinski definition) is 3. The summed E-state index contributed by atoms with van der Waals surface area (Å²) in [5, 5.41) is 3.51. The van der Waals surface area contributed by atoms with E-state index in [0.29, 0.717) is 16.9 Å². The molecule has 0 bridgehead atoms. The molecule has 1 fully saturated rings. The Hall–Kier alpha value is -1.03. The number of benzene rings is 1. The van der Waals surface area contributed by atoms with E-state index in [1.54, 1.807) is 12.1 Å². The second-order valence-electron chi connectivity index (χ2n) is 5.31. The Morgan fingerprint density at radius 1 is 1.11 bits per heavy atom. The van der Waals surface area contributed by atoms with Gasteiger partial charge in [0.25, 0.3) is 0 Å². The second kappa shape index (κ2) is 5.31. The van der Waals surface area contributed by atoms with Crippen LogP contribution in [0.1, 0.15) is 32.6 Å². The number of hydrogen-bond donors (Lipinski definition) is 1. The van der Waals surface area contributed by atoms with Crippen LogP contribution in [0.15, 0.2) is 29.2 Å². The minimum Gasteiger partial charge on any atom is -0.382 e. The molecular formula is C14H21NO2S. The molecule has 1 aromatic carbocycles. The lowest BCUT2D eigenvalue weighted by atomic mass is 9.86. The van der Waals surface area contributed by atoms with Gasteiger partial charge in [-0.3, -0.25) is 0 Å². The predicted molar refractivity (Wildman–Crippen MR) is 74.6 cm³/mol. The molecule has 0 radical (unpaired) electrons. The van der Waals surface area contributed by atoms with Gasteiger partial charge in [0.2, 0.25) is 0 Å². The monoisotopic (exact) mass is 267 g/mol. The number of rotatable bonds is 3. The molecule has 0 aliphatic heterocycles. The maximum atomic E-state index is 11.4. The van der Waals surface area contributed by atoms with Crippen LogP contribution in [0.3, 0.4) is 0 Å². The lowest BCUT2D eigenvalue weighted by molar-refractivity contribution is 0.349. The van der Waals surface area contributed by atoms with Crippen molar-refractivity contribution in [1.29, 1.82) is 0 Å². The minimum atomic E-state index is -3.09. The van der Waals surface area contributed by atoms with Gasteiger partial charge in [-0.1, -0.05) is 19.8 Å². The quantitative estimate of drug-likeness (QED) is 0.915. The van der Waals surface area contributed by atoms with Crippen molar-refractivity contribution < 1.29 is 8.42 Å². The summed E-state index contributed by atoms with van der Waals surface area (Å²) in [6.07, 6.45) is 6.32. The molecule has 2 unspecified atom stereocenters. The van der Waals surface area contributed by atoms with Crippen molar-refractivity contribution in [3.8, 4) is 0 Å². The van der Waals surface area contributed by atoms with Crippen LogP contribution in [-0.2, 0) is 9.84 Å². The average molecular weight is 267 g/mol. The van der Waals surface area contributed by atoms with E-state index in [1.807, 2.05) is 12.1 Å². The van der Waals surface area contributed by atoms with Crippen molar-refractivity contribution >= 4 is 15.5 Å². The number of anilines is 1. The SMILES string of the molecule is CC1CCCCC1Nc1ccc(S(C)(=O)=O)cc1. The summed E-state index contributed by atoms with van der Waals surface area (Å²) in [6.45, 7) is 2.28. The van der Waals surface area contributed by atoms with Crippen molar-refractivity contribution in [2.75, 3.05) is 11.6 Å². The molecule has 1 N–H and O–H groups in total. The zero-order chi connectivity index (χ0) is 13.2. The fourth-order valence-electron chi connectivity index (χ4n) is 2.54. The smallest absolute Gasteiger partial charge is 0.175 e. The van der Waals surface area contributed by atoms with Gasteiger partial charge in [0.1, 0.15) is 0 Å². The third-order valence-electron chi connectivity index (χ3n) is 3.75. The third kappa shape index (κ3) is 3.25. The highest BCUT2D eigenvalue weighted by Gasteiger charge is 2.20. The van der Waals surface area contributed by atoms with Crippen LogP contribution in [0.5, 0.6) is 0 Å². The third-order valence-corrected chi connectivity index (χ3v) is 4.87. The number of sulfone groups is 1. The molecule has 18 heavy (non-hydrogen) atoms. The summed E-state index contributed by atoms with van der Waals surface area (Å²) in [5.74, 6) is 0.688. The molecule has 3 nitrogen and oxygen atoms in total. The van der Waals surface area contributed by atoms with Crippen LogP contribution in [0, 0.1) is 5.92 Å². The summed E-state index contributed by atoms with van der Waals surface area (Å²) >= 11 is 0. The lowest BCUT2D eigenvalue weighted by Crippen LogP contribution is -2.30. The first-order valence-corrected chi connectivity index (χ1v) is 8.42. The first kappa shape index (κ1) is 13.4. The Labute approximate surface area is 110 Å². The van der Waals surface area contributed by atoms with Gasteiger partial charge in [-0.15, -0.1) is 0 Å². The van der Waals surface area contributed by atoms with E-state index in [1.165, 1.54) is 31.9 Å². The van der Waals surface area contributed by atoms with Crippen LogP contribution in [0.25, 0.3) is 0 Å². The van der Waals surface area contributed by atoms with E-state index >= 15 is 0 Å². The summed E-state index contributed by atoms with van der Waals surface area (Å²) in [5.41, 5.74) is 1.01. The van der Waals surface area contributed by atoms with Crippen LogP contribution in [0.4, 0.5) is 5.69 Å². The average Bonchev–Trinajstić information content (AvgIpc) is 2.32. The van der Waals surface area contributed by atoms with E-state index in [2.05, 4.69) is 12.2 Å². The van der Waals surface area contributed by atoms with Crippen molar-refractivity contribution in [3.63, 3.8) is 0 Å². The molecule has 1 aromatic rings. The zero-order valence-corrected chi connectivity index (χ0v) is 11.8. The molecule has 1 saturated carbocycles. The zero-order valence-electron chi connectivity index (χ0n) is 11.0. The highest BCUT2D eigenvalue weighted by Crippen LogP contribution is 2.27. The molecule has 0 amide bonds.